The fourth-order valence-corrected chi connectivity index (χ4v) is 3.71. The molecule has 0 atom stereocenters. The third-order valence-electron chi connectivity index (χ3n) is 4.67. The van der Waals surface area contributed by atoms with Crippen LogP contribution in [-0.2, 0) is 6.42 Å². The SMILES string of the molecule is CCNCCC1(CCc2ccc(Cl)c(Cl)c2)CCCC1. The summed E-state index contributed by atoms with van der Waals surface area (Å²) >= 11 is 12.1. The van der Waals surface area contributed by atoms with Crippen molar-refractivity contribution < 1.29 is 0 Å². The molecule has 1 aliphatic rings. The molecular weight excluding hydrogens is 289 g/mol. The third-order valence-corrected chi connectivity index (χ3v) is 5.41. The van der Waals surface area contributed by atoms with Crippen LogP contribution < -0.4 is 5.32 Å². The van der Waals surface area contributed by atoms with Gasteiger partial charge in [0.1, 0.15) is 0 Å². The minimum Gasteiger partial charge on any atom is -0.317 e. The molecule has 3 heteroatoms. The third kappa shape index (κ3) is 4.38. The molecular formula is C17H25Cl2N. The van der Waals surface area contributed by atoms with Gasteiger partial charge in [-0.1, -0.05) is 49.0 Å². The van der Waals surface area contributed by atoms with Gasteiger partial charge in [0.05, 0.1) is 10.0 Å². The monoisotopic (exact) mass is 313 g/mol. The molecule has 1 aliphatic carbocycles. The maximum absolute atomic E-state index is 6.10. The Labute approximate surface area is 133 Å². The molecule has 20 heavy (non-hydrogen) atoms. The van der Waals surface area contributed by atoms with Crippen LogP contribution in [-0.4, -0.2) is 13.1 Å². The van der Waals surface area contributed by atoms with Crippen molar-refractivity contribution in [3.63, 3.8) is 0 Å². The van der Waals surface area contributed by atoms with Crippen LogP contribution in [0.3, 0.4) is 0 Å². The molecule has 1 nitrogen and oxygen atoms in total. The van der Waals surface area contributed by atoms with Gasteiger partial charge in [-0.25, -0.2) is 0 Å². The van der Waals surface area contributed by atoms with Crippen LogP contribution in [0.1, 0.15) is 51.0 Å². The molecule has 0 unspecified atom stereocenters. The van der Waals surface area contributed by atoms with Gasteiger partial charge in [0, 0.05) is 0 Å². The second-order valence-corrected chi connectivity index (χ2v) is 6.87. The van der Waals surface area contributed by atoms with Crippen molar-refractivity contribution in [1.29, 1.82) is 0 Å². The summed E-state index contributed by atoms with van der Waals surface area (Å²) in [5, 5.41) is 4.81. The highest BCUT2D eigenvalue weighted by Gasteiger charge is 2.32. The summed E-state index contributed by atoms with van der Waals surface area (Å²) < 4.78 is 0. The van der Waals surface area contributed by atoms with Gasteiger partial charge < -0.3 is 5.32 Å². The first-order valence-electron chi connectivity index (χ1n) is 7.80. The van der Waals surface area contributed by atoms with Crippen LogP contribution >= 0.6 is 23.2 Å². The molecule has 0 aliphatic heterocycles. The Morgan fingerprint density at radius 3 is 2.50 bits per heavy atom. The zero-order chi connectivity index (χ0) is 14.4. The molecule has 0 radical (unpaired) electrons. The number of hydrogen-bond donors (Lipinski definition) is 1. The lowest BCUT2D eigenvalue weighted by atomic mass is 9.77. The Hall–Kier alpha value is -0.240. The van der Waals surface area contributed by atoms with E-state index < -0.39 is 0 Å². The van der Waals surface area contributed by atoms with Gasteiger partial charge in [0.25, 0.3) is 0 Å². The second kappa shape index (κ2) is 7.68. The van der Waals surface area contributed by atoms with E-state index in [1.54, 1.807) is 0 Å². The molecule has 0 aromatic heterocycles. The summed E-state index contributed by atoms with van der Waals surface area (Å²) in [5.41, 5.74) is 1.86. The predicted molar refractivity (Wildman–Crippen MR) is 88.8 cm³/mol. The van der Waals surface area contributed by atoms with Gasteiger partial charge in [-0.2, -0.15) is 0 Å². The summed E-state index contributed by atoms with van der Waals surface area (Å²) in [7, 11) is 0. The highest BCUT2D eigenvalue weighted by molar-refractivity contribution is 6.42. The summed E-state index contributed by atoms with van der Waals surface area (Å²) in [4.78, 5) is 0. The van der Waals surface area contributed by atoms with E-state index in [2.05, 4.69) is 18.3 Å². The van der Waals surface area contributed by atoms with E-state index in [4.69, 9.17) is 23.2 Å². The van der Waals surface area contributed by atoms with Crippen molar-refractivity contribution in [2.24, 2.45) is 5.41 Å². The Balaban J connectivity index is 1.92. The number of benzene rings is 1. The quantitative estimate of drug-likeness (QED) is 0.657. The van der Waals surface area contributed by atoms with Gasteiger partial charge >= 0.3 is 0 Å². The van der Waals surface area contributed by atoms with Crippen LogP contribution in [0.5, 0.6) is 0 Å². The van der Waals surface area contributed by atoms with Crippen LogP contribution in [0, 0.1) is 5.41 Å². The molecule has 112 valence electrons. The van der Waals surface area contributed by atoms with Crippen LogP contribution in [0.25, 0.3) is 0 Å². The van der Waals surface area contributed by atoms with E-state index in [0.717, 1.165) is 19.5 Å². The Morgan fingerprint density at radius 1 is 1.10 bits per heavy atom. The maximum atomic E-state index is 6.10. The van der Waals surface area contributed by atoms with E-state index >= 15 is 0 Å². The molecule has 0 saturated heterocycles. The summed E-state index contributed by atoms with van der Waals surface area (Å²) in [6.07, 6.45) is 9.27. The van der Waals surface area contributed by atoms with Gasteiger partial charge in [-0.05, 0) is 68.3 Å². The fraction of sp³-hybridized carbons (Fsp3) is 0.647. The number of hydrogen-bond acceptors (Lipinski definition) is 1. The van der Waals surface area contributed by atoms with Gasteiger partial charge in [-0.3, -0.25) is 0 Å². The van der Waals surface area contributed by atoms with E-state index in [9.17, 15) is 0 Å². The number of rotatable bonds is 7. The molecule has 1 saturated carbocycles. The first kappa shape index (κ1) is 16.1. The molecule has 0 bridgehead atoms. The van der Waals surface area contributed by atoms with Crippen molar-refractivity contribution in [2.75, 3.05) is 13.1 Å². The standard InChI is InChI=1S/C17H25Cl2N/c1-2-20-12-11-17(8-3-4-9-17)10-7-14-5-6-15(18)16(19)13-14/h5-6,13,20H,2-4,7-12H2,1H3. The normalized spacial score (nSPS) is 17.6. The molecule has 1 N–H and O–H groups in total. The lowest BCUT2D eigenvalue weighted by Gasteiger charge is -2.29. The van der Waals surface area contributed by atoms with Crippen molar-refractivity contribution in [2.45, 2.75) is 51.9 Å². The average molecular weight is 314 g/mol. The zero-order valence-corrected chi connectivity index (χ0v) is 13.9. The smallest absolute Gasteiger partial charge is 0.0595 e. The molecule has 1 aromatic carbocycles. The molecule has 1 fully saturated rings. The van der Waals surface area contributed by atoms with Crippen molar-refractivity contribution >= 4 is 23.2 Å². The molecule has 1 aromatic rings. The van der Waals surface area contributed by atoms with E-state index in [-0.39, 0.29) is 0 Å². The van der Waals surface area contributed by atoms with Crippen molar-refractivity contribution in [3.05, 3.63) is 33.8 Å². The minimum atomic E-state index is 0.550. The average Bonchev–Trinajstić information content (AvgIpc) is 2.90. The van der Waals surface area contributed by atoms with Gasteiger partial charge in [-0.15, -0.1) is 0 Å². The van der Waals surface area contributed by atoms with Crippen LogP contribution in [0.4, 0.5) is 0 Å². The Morgan fingerprint density at radius 2 is 1.85 bits per heavy atom. The topological polar surface area (TPSA) is 12.0 Å². The Bertz CT molecular complexity index is 425. The van der Waals surface area contributed by atoms with E-state index in [0.29, 0.717) is 15.5 Å². The van der Waals surface area contributed by atoms with Crippen LogP contribution in [0.15, 0.2) is 18.2 Å². The summed E-state index contributed by atoms with van der Waals surface area (Å²) in [6.45, 7) is 4.40. The highest BCUT2D eigenvalue weighted by atomic mass is 35.5. The number of halogens is 2. The lowest BCUT2D eigenvalue weighted by Crippen LogP contribution is -2.25. The van der Waals surface area contributed by atoms with E-state index in [1.807, 2.05) is 12.1 Å². The Kier molecular flexibility index (Phi) is 6.20. The largest absolute Gasteiger partial charge is 0.317 e. The van der Waals surface area contributed by atoms with Gasteiger partial charge in [0.2, 0.25) is 0 Å². The van der Waals surface area contributed by atoms with Crippen molar-refractivity contribution in [1.82, 2.24) is 5.32 Å². The molecule has 0 spiro atoms. The van der Waals surface area contributed by atoms with Gasteiger partial charge in [0.15, 0.2) is 0 Å². The van der Waals surface area contributed by atoms with Crippen molar-refractivity contribution in [3.8, 4) is 0 Å². The second-order valence-electron chi connectivity index (χ2n) is 6.06. The number of aryl methyl sites for hydroxylation is 1. The molecule has 0 heterocycles. The first-order valence-corrected chi connectivity index (χ1v) is 8.55. The zero-order valence-electron chi connectivity index (χ0n) is 12.4. The first-order chi connectivity index (χ1) is 9.65. The predicted octanol–water partition coefficient (Wildman–Crippen LogP) is 5.49. The maximum Gasteiger partial charge on any atom is 0.0595 e. The van der Waals surface area contributed by atoms with Crippen LogP contribution in [0.2, 0.25) is 10.0 Å². The lowest BCUT2D eigenvalue weighted by molar-refractivity contribution is 0.246. The highest BCUT2D eigenvalue weighted by Crippen LogP contribution is 2.44. The summed E-state index contributed by atoms with van der Waals surface area (Å²) in [6, 6.07) is 6.05. The summed E-state index contributed by atoms with van der Waals surface area (Å²) in [5.74, 6) is 0. The number of nitrogens with one attached hydrogen (secondary N) is 1. The molecule has 0 amide bonds. The molecule has 2 rings (SSSR count). The van der Waals surface area contributed by atoms with E-state index in [1.165, 1.54) is 44.1 Å². The minimum absolute atomic E-state index is 0.550. The fourth-order valence-electron chi connectivity index (χ4n) is 3.38.